The standard InChI is InChI=1S/C23H38N4O2/c1-6-24-21(28)18-12-10-17(11-13-18)15-26-22(25-7-2)27-16-19-9-8-14-29-20(19)23(3,4)5/h10-13,19-20H,6-9,14-16H2,1-5H3,(H,24,28)(H2,25,26,27). The van der Waals surface area contributed by atoms with Gasteiger partial charge in [-0.2, -0.15) is 0 Å². The zero-order chi connectivity index (χ0) is 21.3. The molecule has 162 valence electrons. The number of benzene rings is 1. The van der Waals surface area contributed by atoms with Crippen LogP contribution in [0.1, 0.15) is 63.4 Å². The second-order valence-corrected chi connectivity index (χ2v) is 8.69. The summed E-state index contributed by atoms with van der Waals surface area (Å²) in [5.74, 6) is 1.25. The van der Waals surface area contributed by atoms with Crippen molar-refractivity contribution in [1.82, 2.24) is 16.0 Å². The molecule has 1 saturated heterocycles. The maximum absolute atomic E-state index is 11.9. The van der Waals surface area contributed by atoms with E-state index in [-0.39, 0.29) is 17.4 Å². The first-order valence-electron chi connectivity index (χ1n) is 10.9. The Morgan fingerprint density at radius 1 is 1.10 bits per heavy atom. The molecule has 1 fully saturated rings. The number of rotatable bonds is 7. The zero-order valence-electron chi connectivity index (χ0n) is 18.7. The van der Waals surface area contributed by atoms with Crippen molar-refractivity contribution >= 4 is 11.9 Å². The average Bonchev–Trinajstić information content (AvgIpc) is 2.70. The molecule has 0 aromatic heterocycles. The van der Waals surface area contributed by atoms with Crippen LogP contribution in [0.4, 0.5) is 0 Å². The van der Waals surface area contributed by atoms with Crippen molar-refractivity contribution in [2.24, 2.45) is 16.3 Å². The number of ether oxygens (including phenoxy) is 1. The quantitative estimate of drug-likeness (QED) is 0.483. The minimum Gasteiger partial charge on any atom is -0.377 e. The van der Waals surface area contributed by atoms with Crippen LogP contribution in [0.15, 0.2) is 29.3 Å². The van der Waals surface area contributed by atoms with Gasteiger partial charge in [0.2, 0.25) is 0 Å². The first-order valence-corrected chi connectivity index (χ1v) is 10.9. The molecular weight excluding hydrogens is 364 g/mol. The van der Waals surface area contributed by atoms with Gasteiger partial charge in [-0.3, -0.25) is 4.79 Å². The first-order chi connectivity index (χ1) is 13.8. The Morgan fingerprint density at radius 2 is 1.79 bits per heavy atom. The Morgan fingerprint density at radius 3 is 2.41 bits per heavy atom. The summed E-state index contributed by atoms with van der Waals surface area (Å²) in [5.41, 5.74) is 1.88. The van der Waals surface area contributed by atoms with Gasteiger partial charge in [-0.1, -0.05) is 32.9 Å². The topological polar surface area (TPSA) is 74.8 Å². The van der Waals surface area contributed by atoms with Crippen LogP contribution in [0.2, 0.25) is 0 Å². The summed E-state index contributed by atoms with van der Waals surface area (Å²) in [6, 6.07) is 7.62. The number of hydrogen-bond acceptors (Lipinski definition) is 3. The van der Waals surface area contributed by atoms with Gasteiger partial charge in [0.15, 0.2) is 5.96 Å². The molecule has 1 aromatic carbocycles. The fourth-order valence-corrected chi connectivity index (χ4v) is 3.77. The van der Waals surface area contributed by atoms with Gasteiger partial charge in [0.1, 0.15) is 0 Å². The third kappa shape index (κ3) is 7.35. The molecule has 1 aliphatic heterocycles. The van der Waals surface area contributed by atoms with Crippen LogP contribution in [-0.4, -0.2) is 44.2 Å². The lowest BCUT2D eigenvalue weighted by Crippen LogP contribution is -2.47. The highest BCUT2D eigenvalue weighted by Gasteiger charge is 2.35. The van der Waals surface area contributed by atoms with Gasteiger partial charge in [-0.15, -0.1) is 0 Å². The van der Waals surface area contributed by atoms with Crippen LogP contribution in [0, 0.1) is 11.3 Å². The van der Waals surface area contributed by atoms with Gasteiger partial charge < -0.3 is 20.7 Å². The van der Waals surface area contributed by atoms with Crippen molar-refractivity contribution in [3.63, 3.8) is 0 Å². The largest absolute Gasteiger partial charge is 0.377 e. The van der Waals surface area contributed by atoms with Gasteiger partial charge in [0, 0.05) is 37.7 Å². The summed E-state index contributed by atoms with van der Waals surface area (Å²) in [4.78, 5) is 16.6. The highest BCUT2D eigenvalue weighted by molar-refractivity contribution is 5.94. The van der Waals surface area contributed by atoms with Crippen molar-refractivity contribution in [3.8, 4) is 0 Å². The van der Waals surface area contributed by atoms with Crippen molar-refractivity contribution in [2.75, 3.05) is 26.2 Å². The van der Waals surface area contributed by atoms with E-state index in [4.69, 9.17) is 9.73 Å². The van der Waals surface area contributed by atoms with Crippen LogP contribution in [0.5, 0.6) is 0 Å². The molecule has 29 heavy (non-hydrogen) atoms. The van der Waals surface area contributed by atoms with Crippen LogP contribution in [0.25, 0.3) is 0 Å². The Balaban J connectivity index is 1.96. The highest BCUT2D eigenvalue weighted by atomic mass is 16.5. The lowest BCUT2D eigenvalue weighted by atomic mass is 9.78. The van der Waals surface area contributed by atoms with Gasteiger partial charge in [-0.05, 0) is 49.8 Å². The molecule has 2 atom stereocenters. The molecule has 0 bridgehead atoms. The molecule has 0 saturated carbocycles. The SMILES string of the molecule is CCNC(=O)c1ccc(CN=C(NCC)NCC2CCCOC2C(C)(C)C)cc1. The van der Waals surface area contributed by atoms with E-state index in [1.807, 2.05) is 31.2 Å². The summed E-state index contributed by atoms with van der Waals surface area (Å²) in [7, 11) is 0. The Hall–Kier alpha value is -2.08. The fourth-order valence-electron chi connectivity index (χ4n) is 3.77. The zero-order valence-corrected chi connectivity index (χ0v) is 18.7. The molecule has 1 amide bonds. The number of aliphatic imine (C=N–C) groups is 1. The van der Waals surface area contributed by atoms with E-state index in [9.17, 15) is 4.79 Å². The number of carbonyl (C=O) groups excluding carboxylic acids is 1. The monoisotopic (exact) mass is 402 g/mol. The van der Waals surface area contributed by atoms with Crippen molar-refractivity contribution in [1.29, 1.82) is 0 Å². The molecule has 6 heteroatoms. The Bertz CT molecular complexity index is 664. The average molecular weight is 403 g/mol. The second-order valence-electron chi connectivity index (χ2n) is 8.69. The Labute approximate surface area is 175 Å². The lowest BCUT2D eigenvalue weighted by Gasteiger charge is -2.40. The van der Waals surface area contributed by atoms with Crippen molar-refractivity contribution < 1.29 is 9.53 Å². The number of carbonyl (C=O) groups is 1. The predicted octanol–water partition coefficient (Wildman–Crippen LogP) is 3.33. The molecule has 2 rings (SSSR count). The number of hydrogen-bond donors (Lipinski definition) is 3. The minimum absolute atomic E-state index is 0.0411. The van der Waals surface area contributed by atoms with Crippen molar-refractivity contribution in [2.45, 2.75) is 60.1 Å². The summed E-state index contributed by atoms with van der Waals surface area (Å²) in [6.07, 6.45) is 2.55. The van der Waals surface area contributed by atoms with Crippen LogP contribution >= 0.6 is 0 Å². The number of nitrogens with zero attached hydrogens (tertiary/aromatic N) is 1. The predicted molar refractivity (Wildman–Crippen MR) is 119 cm³/mol. The summed E-state index contributed by atoms with van der Waals surface area (Å²) in [5, 5.41) is 9.64. The van der Waals surface area contributed by atoms with Gasteiger partial charge in [0.05, 0.1) is 12.6 Å². The molecule has 2 unspecified atom stereocenters. The van der Waals surface area contributed by atoms with E-state index in [0.717, 1.165) is 37.6 Å². The lowest BCUT2D eigenvalue weighted by molar-refractivity contribution is -0.0835. The van der Waals surface area contributed by atoms with Crippen molar-refractivity contribution in [3.05, 3.63) is 35.4 Å². The van der Waals surface area contributed by atoms with Gasteiger partial charge in [0.25, 0.3) is 5.91 Å². The number of guanidine groups is 1. The van der Waals surface area contributed by atoms with E-state index in [1.54, 1.807) is 0 Å². The van der Waals surface area contributed by atoms with Gasteiger partial charge in [-0.25, -0.2) is 4.99 Å². The van der Waals surface area contributed by atoms with E-state index in [2.05, 4.69) is 43.6 Å². The molecule has 1 aromatic rings. The van der Waals surface area contributed by atoms with Crippen LogP contribution in [0.3, 0.4) is 0 Å². The molecule has 3 N–H and O–H groups in total. The number of amides is 1. The minimum atomic E-state index is -0.0411. The fraction of sp³-hybridized carbons (Fsp3) is 0.652. The third-order valence-electron chi connectivity index (χ3n) is 5.15. The normalized spacial score (nSPS) is 20.2. The van der Waals surface area contributed by atoms with E-state index < -0.39 is 0 Å². The summed E-state index contributed by atoms with van der Waals surface area (Å²) < 4.78 is 6.09. The maximum Gasteiger partial charge on any atom is 0.251 e. The van der Waals surface area contributed by atoms with E-state index in [0.29, 0.717) is 24.6 Å². The second kappa shape index (κ2) is 11.2. The van der Waals surface area contributed by atoms with E-state index >= 15 is 0 Å². The van der Waals surface area contributed by atoms with E-state index in [1.165, 1.54) is 6.42 Å². The Kier molecular flexibility index (Phi) is 8.96. The number of nitrogens with one attached hydrogen (secondary N) is 3. The molecule has 0 aliphatic carbocycles. The smallest absolute Gasteiger partial charge is 0.251 e. The first kappa shape index (κ1) is 23.2. The molecular formula is C23H38N4O2. The molecule has 1 heterocycles. The highest BCUT2D eigenvalue weighted by Crippen LogP contribution is 2.33. The molecule has 6 nitrogen and oxygen atoms in total. The van der Waals surface area contributed by atoms with Gasteiger partial charge >= 0.3 is 0 Å². The molecule has 0 spiro atoms. The third-order valence-corrected chi connectivity index (χ3v) is 5.15. The van der Waals surface area contributed by atoms with Crippen LogP contribution in [-0.2, 0) is 11.3 Å². The molecule has 0 radical (unpaired) electrons. The summed E-state index contributed by atoms with van der Waals surface area (Å²) in [6.45, 7) is 14.5. The summed E-state index contributed by atoms with van der Waals surface area (Å²) >= 11 is 0. The molecule has 1 aliphatic rings. The maximum atomic E-state index is 11.9. The van der Waals surface area contributed by atoms with Crippen LogP contribution < -0.4 is 16.0 Å².